The van der Waals surface area contributed by atoms with Crippen molar-refractivity contribution in [2.75, 3.05) is 9.91 Å². The minimum Gasteiger partial charge on any atom is -0.285 e. The molecule has 0 bridgehead atoms. The molecule has 1 atom stereocenters. The summed E-state index contributed by atoms with van der Waals surface area (Å²) >= 11 is 4.11. The van der Waals surface area contributed by atoms with Crippen molar-refractivity contribution in [3.8, 4) is 0 Å². The molecule has 0 aliphatic carbocycles. The van der Waals surface area contributed by atoms with Gasteiger partial charge in [-0.1, -0.05) is 84.6 Å². The highest BCUT2D eigenvalue weighted by atomic mass is 32.2. The fourth-order valence-corrected chi connectivity index (χ4v) is 7.73. The lowest BCUT2D eigenvalue weighted by atomic mass is 10.2. The van der Waals surface area contributed by atoms with Crippen LogP contribution in [0.5, 0.6) is 0 Å². The third-order valence-corrected chi connectivity index (χ3v) is 9.26. The van der Waals surface area contributed by atoms with Gasteiger partial charge < -0.3 is 0 Å². The molecule has 0 radical (unpaired) electrons. The molecule has 3 aromatic carbocycles. The molecule has 6 rings (SSSR count). The maximum absolute atomic E-state index is 14.0. The molecule has 1 spiro atoms. The van der Waals surface area contributed by atoms with E-state index in [9.17, 15) is 9.59 Å². The molecule has 0 saturated carbocycles. The number of rotatable bonds is 5. The van der Waals surface area contributed by atoms with E-state index in [4.69, 9.17) is 5.10 Å². The zero-order chi connectivity index (χ0) is 24.5. The number of ketones is 1. The highest BCUT2D eigenvalue weighted by Gasteiger charge is 2.60. The lowest BCUT2D eigenvalue weighted by molar-refractivity contribution is -0.114. The third kappa shape index (κ3) is 3.97. The number of hydrogen-bond acceptors (Lipinski definition) is 7. The molecule has 3 heterocycles. The number of nitrogens with zero attached hydrogens (tertiary/aromatic N) is 3. The summed E-state index contributed by atoms with van der Waals surface area (Å²) in [6, 6.07) is 32.7. The molecule has 1 fully saturated rings. The first-order valence-electron chi connectivity index (χ1n) is 11.2. The molecule has 5 nitrogen and oxygen atoms in total. The van der Waals surface area contributed by atoms with Crippen molar-refractivity contribution in [2.24, 2.45) is 5.10 Å². The van der Waals surface area contributed by atoms with E-state index >= 15 is 0 Å². The first-order valence-corrected chi connectivity index (χ1v) is 13.7. The predicted octanol–water partition coefficient (Wildman–Crippen LogP) is 6.93. The van der Waals surface area contributed by atoms with Crippen molar-refractivity contribution in [1.82, 2.24) is 0 Å². The molecule has 0 N–H and O–H groups in total. The Bertz CT molecular complexity index is 1470. The first kappa shape index (κ1) is 22.8. The predicted molar refractivity (Wildman–Crippen MR) is 151 cm³/mol. The van der Waals surface area contributed by atoms with Crippen LogP contribution in [0.15, 0.2) is 119 Å². The number of carbonyl (C=O) groups is 2. The molecule has 4 aromatic rings. The number of hydrazone groups is 1. The van der Waals surface area contributed by atoms with Crippen LogP contribution >= 0.6 is 34.9 Å². The van der Waals surface area contributed by atoms with Crippen LogP contribution in [0.4, 0.5) is 11.4 Å². The molecule has 36 heavy (non-hydrogen) atoms. The van der Waals surface area contributed by atoms with E-state index in [-0.39, 0.29) is 11.7 Å². The van der Waals surface area contributed by atoms with Crippen molar-refractivity contribution in [2.45, 2.75) is 4.33 Å². The monoisotopic (exact) mass is 525 g/mol. The Morgan fingerprint density at radius 2 is 1.42 bits per heavy atom. The van der Waals surface area contributed by atoms with Gasteiger partial charge in [-0.2, -0.15) is 5.10 Å². The van der Waals surface area contributed by atoms with Crippen molar-refractivity contribution >= 4 is 69.0 Å². The van der Waals surface area contributed by atoms with Crippen LogP contribution in [0.2, 0.25) is 0 Å². The van der Waals surface area contributed by atoms with Crippen LogP contribution in [-0.4, -0.2) is 21.1 Å². The number of benzene rings is 3. The maximum atomic E-state index is 14.0. The summed E-state index contributed by atoms with van der Waals surface area (Å²) in [4.78, 5) is 30.4. The number of amides is 1. The summed E-state index contributed by atoms with van der Waals surface area (Å²) in [5.41, 5.74) is 2.46. The molecule has 8 heteroatoms. The van der Waals surface area contributed by atoms with Gasteiger partial charge >= 0.3 is 0 Å². The van der Waals surface area contributed by atoms with Gasteiger partial charge in [0.25, 0.3) is 5.91 Å². The standard InChI is InChI=1S/C28H19N3O2S3/c32-25(23-17-10-18-34-23)26-29-31(22-15-8-3-9-16-22)28(36-26)30(21-13-6-2-7-14-21)27(33)24(35-28)19-20-11-4-1-5-12-20/h1-19H/b24-19-/t28-/m1/s1. The maximum Gasteiger partial charge on any atom is 0.268 e. The molecule has 0 unspecified atom stereocenters. The molecule has 1 saturated heterocycles. The van der Waals surface area contributed by atoms with Gasteiger partial charge in [-0.15, -0.1) is 11.3 Å². The Kier molecular flexibility index (Phi) is 6.00. The number of thiophene rings is 1. The second-order valence-electron chi connectivity index (χ2n) is 8.01. The molecular formula is C28H19N3O2S3. The van der Waals surface area contributed by atoms with E-state index in [1.807, 2.05) is 109 Å². The number of hydrogen-bond donors (Lipinski definition) is 0. The zero-order valence-corrected chi connectivity index (χ0v) is 21.3. The van der Waals surface area contributed by atoms with Gasteiger partial charge in [-0.3, -0.25) is 14.5 Å². The Labute approximate surface area is 221 Å². The molecule has 1 amide bonds. The van der Waals surface area contributed by atoms with E-state index in [1.165, 1.54) is 34.9 Å². The number of para-hydroxylation sites is 2. The van der Waals surface area contributed by atoms with Crippen LogP contribution < -0.4 is 9.91 Å². The number of Topliss-reactive ketones (excluding diaryl/α,β-unsaturated/α-hetero) is 1. The second kappa shape index (κ2) is 9.46. The highest BCUT2D eigenvalue weighted by molar-refractivity contribution is 8.29. The minimum absolute atomic E-state index is 0.136. The topological polar surface area (TPSA) is 53.0 Å². The summed E-state index contributed by atoms with van der Waals surface area (Å²) < 4.78 is -1.04. The molecule has 176 valence electrons. The number of anilines is 2. The van der Waals surface area contributed by atoms with Gasteiger partial charge in [0.05, 0.1) is 15.5 Å². The van der Waals surface area contributed by atoms with E-state index < -0.39 is 4.33 Å². The third-order valence-electron chi connectivity index (χ3n) is 5.68. The lowest BCUT2D eigenvalue weighted by Gasteiger charge is -2.38. The summed E-state index contributed by atoms with van der Waals surface area (Å²) in [5, 5.41) is 8.86. The van der Waals surface area contributed by atoms with Crippen LogP contribution in [0.1, 0.15) is 15.2 Å². The van der Waals surface area contributed by atoms with E-state index in [2.05, 4.69) is 0 Å². The zero-order valence-electron chi connectivity index (χ0n) is 18.9. The van der Waals surface area contributed by atoms with Crippen LogP contribution in [0.3, 0.4) is 0 Å². The molecule has 2 aliphatic heterocycles. The van der Waals surface area contributed by atoms with E-state index in [1.54, 1.807) is 16.0 Å². The largest absolute Gasteiger partial charge is 0.285 e. The quantitative estimate of drug-likeness (QED) is 0.209. The van der Waals surface area contributed by atoms with E-state index in [0.717, 1.165) is 16.9 Å². The fraction of sp³-hybridized carbons (Fsp3) is 0.0357. The average Bonchev–Trinajstić information content (AvgIpc) is 3.65. The summed E-state index contributed by atoms with van der Waals surface area (Å²) in [7, 11) is 0. The molecule has 1 aromatic heterocycles. The van der Waals surface area contributed by atoms with Gasteiger partial charge in [-0.25, -0.2) is 5.01 Å². The Morgan fingerprint density at radius 3 is 2.06 bits per heavy atom. The van der Waals surface area contributed by atoms with Gasteiger partial charge in [0, 0.05) is 5.69 Å². The van der Waals surface area contributed by atoms with Gasteiger partial charge in [-0.05, 0) is 59.1 Å². The summed E-state index contributed by atoms with van der Waals surface area (Å²) in [5.74, 6) is -0.280. The van der Waals surface area contributed by atoms with Crippen LogP contribution in [0, 0.1) is 0 Å². The Hall–Kier alpha value is -3.59. The first-order chi connectivity index (χ1) is 17.7. The fourth-order valence-electron chi connectivity index (χ4n) is 4.06. The van der Waals surface area contributed by atoms with Crippen LogP contribution in [-0.2, 0) is 4.79 Å². The van der Waals surface area contributed by atoms with E-state index in [0.29, 0.717) is 14.8 Å². The minimum atomic E-state index is -1.04. The number of carbonyl (C=O) groups excluding carboxylic acids is 2. The molecule has 2 aliphatic rings. The number of thioether (sulfide) groups is 2. The normalized spacial score (nSPS) is 20.4. The summed E-state index contributed by atoms with van der Waals surface area (Å²) in [6.45, 7) is 0. The van der Waals surface area contributed by atoms with Gasteiger partial charge in [0.15, 0.2) is 5.04 Å². The van der Waals surface area contributed by atoms with Gasteiger partial charge in [0.2, 0.25) is 10.1 Å². The average molecular weight is 526 g/mol. The summed E-state index contributed by atoms with van der Waals surface area (Å²) in [6.07, 6.45) is 1.90. The van der Waals surface area contributed by atoms with Crippen molar-refractivity contribution < 1.29 is 9.59 Å². The highest BCUT2D eigenvalue weighted by Crippen LogP contribution is 2.59. The lowest BCUT2D eigenvalue weighted by Crippen LogP contribution is -2.51. The second-order valence-corrected chi connectivity index (χ2v) is 11.6. The smallest absolute Gasteiger partial charge is 0.268 e. The van der Waals surface area contributed by atoms with Crippen molar-refractivity contribution in [1.29, 1.82) is 0 Å². The van der Waals surface area contributed by atoms with Crippen LogP contribution in [0.25, 0.3) is 6.08 Å². The Morgan fingerprint density at radius 1 is 0.778 bits per heavy atom. The Balaban J connectivity index is 1.52. The molecular weight excluding hydrogens is 507 g/mol. The van der Waals surface area contributed by atoms with Crippen molar-refractivity contribution in [3.05, 3.63) is 124 Å². The van der Waals surface area contributed by atoms with Crippen molar-refractivity contribution in [3.63, 3.8) is 0 Å². The SMILES string of the molecule is O=C(C1=NN(c2ccccc2)[C@@]2(S1)S/C(=C\c1ccccc1)C(=O)N2c1ccccc1)c1cccs1. The van der Waals surface area contributed by atoms with Gasteiger partial charge in [0.1, 0.15) is 0 Å².